The van der Waals surface area contributed by atoms with E-state index in [-0.39, 0.29) is 17.9 Å². The van der Waals surface area contributed by atoms with E-state index in [1.165, 1.54) is 0 Å². The van der Waals surface area contributed by atoms with Gasteiger partial charge in [-0.25, -0.2) is 0 Å². The third-order valence-corrected chi connectivity index (χ3v) is 2.60. The van der Waals surface area contributed by atoms with Crippen molar-refractivity contribution in [2.75, 3.05) is 0 Å². The number of hydrogen-bond acceptors (Lipinski definition) is 2. The van der Waals surface area contributed by atoms with Crippen molar-refractivity contribution in [3.8, 4) is 12.3 Å². The van der Waals surface area contributed by atoms with Crippen molar-refractivity contribution in [3.05, 3.63) is 0 Å². The minimum Gasteiger partial charge on any atom is -0.481 e. The first-order chi connectivity index (χ1) is 7.97. The number of nitrogens with one attached hydrogen (secondary N) is 1. The SMILES string of the molecule is C#CCCC(=O)NC(C)CCCC(C)C(=O)O. The molecule has 0 aromatic heterocycles. The van der Waals surface area contributed by atoms with Gasteiger partial charge in [0, 0.05) is 18.9 Å². The van der Waals surface area contributed by atoms with Crippen LogP contribution in [0.2, 0.25) is 0 Å². The Bertz CT molecular complexity index is 294. The third-order valence-electron chi connectivity index (χ3n) is 2.60. The Morgan fingerprint density at radius 1 is 1.35 bits per heavy atom. The first-order valence-corrected chi connectivity index (χ1v) is 5.93. The summed E-state index contributed by atoms with van der Waals surface area (Å²) in [5.74, 6) is 1.29. The summed E-state index contributed by atoms with van der Waals surface area (Å²) in [5, 5.41) is 11.5. The summed E-state index contributed by atoms with van der Waals surface area (Å²) in [6.07, 6.45) is 8.10. The lowest BCUT2D eigenvalue weighted by molar-refractivity contribution is -0.141. The highest BCUT2D eigenvalue weighted by Crippen LogP contribution is 2.09. The van der Waals surface area contributed by atoms with Crippen LogP contribution in [0, 0.1) is 18.3 Å². The Balaban J connectivity index is 3.66. The molecule has 0 bridgehead atoms. The average Bonchev–Trinajstić information content (AvgIpc) is 2.25. The number of hydrogen-bond donors (Lipinski definition) is 2. The van der Waals surface area contributed by atoms with Gasteiger partial charge >= 0.3 is 5.97 Å². The molecule has 2 N–H and O–H groups in total. The monoisotopic (exact) mass is 239 g/mol. The van der Waals surface area contributed by atoms with Crippen LogP contribution < -0.4 is 5.32 Å². The Labute approximate surface area is 103 Å². The molecule has 17 heavy (non-hydrogen) atoms. The van der Waals surface area contributed by atoms with Gasteiger partial charge in [-0.3, -0.25) is 9.59 Å². The molecule has 4 heteroatoms. The van der Waals surface area contributed by atoms with E-state index in [1.807, 2.05) is 6.92 Å². The number of carboxylic acid groups (broad SMARTS) is 1. The molecule has 2 atom stereocenters. The molecule has 0 saturated heterocycles. The van der Waals surface area contributed by atoms with Gasteiger partial charge in [-0.1, -0.05) is 13.3 Å². The molecule has 0 spiro atoms. The van der Waals surface area contributed by atoms with Crippen molar-refractivity contribution in [3.63, 3.8) is 0 Å². The Morgan fingerprint density at radius 2 is 2.00 bits per heavy atom. The van der Waals surface area contributed by atoms with Gasteiger partial charge in [0.05, 0.1) is 5.92 Å². The molecule has 0 aliphatic heterocycles. The fourth-order valence-electron chi connectivity index (χ4n) is 1.46. The van der Waals surface area contributed by atoms with E-state index < -0.39 is 5.97 Å². The van der Waals surface area contributed by atoms with Crippen LogP contribution in [-0.4, -0.2) is 23.0 Å². The zero-order chi connectivity index (χ0) is 13.3. The Kier molecular flexibility index (Phi) is 7.87. The second-order valence-corrected chi connectivity index (χ2v) is 4.34. The number of rotatable bonds is 8. The van der Waals surface area contributed by atoms with E-state index in [4.69, 9.17) is 11.5 Å². The van der Waals surface area contributed by atoms with Crippen molar-refractivity contribution < 1.29 is 14.7 Å². The van der Waals surface area contributed by atoms with Gasteiger partial charge in [0.15, 0.2) is 0 Å². The molecular weight excluding hydrogens is 218 g/mol. The topological polar surface area (TPSA) is 66.4 Å². The van der Waals surface area contributed by atoms with Crippen LogP contribution in [0.15, 0.2) is 0 Å². The van der Waals surface area contributed by atoms with E-state index in [1.54, 1.807) is 6.92 Å². The first kappa shape index (κ1) is 15.5. The van der Waals surface area contributed by atoms with Crippen molar-refractivity contribution in [1.82, 2.24) is 5.32 Å². The quantitative estimate of drug-likeness (QED) is 0.635. The van der Waals surface area contributed by atoms with E-state index in [2.05, 4.69) is 11.2 Å². The summed E-state index contributed by atoms with van der Waals surface area (Å²) >= 11 is 0. The van der Waals surface area contributed by atoms with Gasteiger partial charge < -0.3 is 10.4 Å². The number of terminal acetylenes is 1. The molecule has 0 aromatic rings. The number of carbonyl (C=O) groups excluding carboxylic acids is 1. The second kappa shape index (κ2) is 8.63. The summed E-state index contributed by atoms with van der Waals surface area (Å²) in [6, 6.07) is 0.0706. The van der Waals surface area contributed by atoms with Gasteiger partial charge in [0.25, 0.3) is 0 Å². The minimum atomic E-state index is -0.768. The van der Waals surface area contributed by atoms with E-state index in [0.29, 0.717) is 19.3 Å². The number of aliphatic carboxylic acids is 1. The fraction of sp³-hybridized carbons (Fsp3) is 0.692. The summed E-state index contributed by atoms with van der Waals surface area (Å²) in [6.45, 7) is 3.61. The molecular formula is C13H21NO3. The minimum absolute atomic E-state index is 0.0401. The third kappa shape index (κ3) is 8.32. The molecule has 1 amide bonds. The molecule has 96 valence electrons. The maximum atomic E-state index is 11.3. The van der Waals surface area contributed by atoms with E-state index in [0.717, 1.165) is 12.8 Å². The van der Waals surface area contributed by atoms with Gasteiger partial charge in [-0.05, 0) is 19.8 Å². The van der Waals surface area contributed by atoms with Crippen LogP contribution in [-0.2, 0) is 9.59 Å². The Morgan fingerprint density at radius 3 is 2.53 bits per heavy atom. The van der Waals surface area contributed by atoms with Crippen LogP contribution in [0.5, 0.6) is 0 Å². The van der Waals surface area contributed by atoms with Crippen LogP contribution in [0.4, 0.5) is 0 Å². The molecule has 0 aliphatic carbocycles. The van der Waals surface area contributed by atoms with Gasteiger partial charge in [0.2, 0.25) is 5.91 Å². The zero-order valence-corrected chi connectivity index (χ0v) is 10.5. The van der Waals surface area contributed by atoms with Gasteiger partial charge in [-0.2, -0.15) is 0 Å². The predicted molar refractivity (Wildman–Crippen MR) is 66.3 cm³/mol. The molecule has 4 nitrogen and oxygen atoms in total. The molecule has 0 saturated carbocycles. The molecule has 0 radical (unpaired) electrons. The van der Waals surface area contributed by atoms with Crippen molar-refractivity contribution >= 4 is 11.9 Å². The molecule has 0 aliphatic rings. The fourth-order valence-corrected chi connectivity index (χ4v) is 1.46. The highest BCUT2D eigenvalue weighted by atomic mass is 16.4. The maximum absolute atomic E-state index is 11.3. The van der Waals surface area contributed by atoms with Gasteiger partial charge in [-0.15, -0.1) is 12.3 Å². The molecule has 0 heterocycles. The van der Waals surface area contributed by atoms with Crippen LogP contribution in [0.3, 0.4) is 0 Å². The number of carboxylic acids is 1. The van der Waals surface area contributed by atoms with Crippen molar-refractivity contribution in [2.45, 2.75) is 52.0 Å². The largest absolute Gasteiger partial charge is 0.481 e. The summed E-state index contributed by atoms with van der Waals surface area (Å²) in [7, 11) is 0. The van der Waals surface area contributed by atoms with Crippen molar-refractivity contribution in [2.24, 2.45) is 5.92 Å². The summed E-state index contributed by atoms with van der Waals surface area (Å²) in [5.41, 5.74) is 0. The van der Waals surface area contributed by atoms with E-state index in [9.17, 15) is 9.59 Å². The van der Waals surface area contributed by atoms with Gasteiger partial charge in [0.1, 0.15) is 0 Å². The van der Waals surface area contributed by atoms with Crippen LogP contribution >= 0.6 is 0 Å². The summed E-state index contributed by atoms with van der Waals surface area (Å²) in [4.78, 5) is 21.9. The lowest BCUT2D eigenvalue weighted by atomic mass is 10.0. The Hall–Kier alpha value is -1.50. The lowest BCUT2D eigenvalue weighted by Gasteiger charge is -2.14. The number of amides is 1. The predicted octanol–water partition coefficient (Wildman–Crippen LogP) is 1.80. The molecule has 0 aromatic carbocycles. The van der Waals surface area contributed by atoms with Crippen LogP contribution in [0.25, 0.3) is 0 Å². The second-order valence-electron chi connectivity index (χ2n) is 4.34. The first-order valence-electron chi connectivity index (χ1n) is 5.93. The van der Waals surface area contributed by atoms with E-state index >= 15 is 0 Å². The molecule has 2 unspecified atom stereocenters. The smallest absolute Gasteiger partial charge is 0.306 e. The molecule has 0 rings (SSSR count). The maximum Gasteiger partial charge on any atom is 0.306 e. The standard InChI is InChI=1S/C13H21NO3/c1-4-5-9-12(15)14-11(3)8-6-7-10(2)13(16)17/h1,10-11H,5-9H2,2-3H3,(H,14,15)(H,16,17). The lowest BCUT2D eigenvalue weighted by Crippen LogP contribution is -2.32. The highest BCUT2D eigenvalue weighted by molar-refractivity contribution is 5.76. The molecule has 0 fully saturated rings. The number of carbonyl (C=O) groups is 2. The normalized spacial score (nSPS) is 13.5. The highest BCUT2D eigenvalue weighted by Gasteiger charge is 2.12. The van der Waals surface area contributed by atoms with Crippen molar-refractivity contribution in [1.29, 1.82) is 0 Å². The summed E-state index contributed by atoms with van der Waals surface area (Å²) < 4.78 is 0. The van der Waals surface area contributed by atoms with Crippen LogP contribution in [0.1, 0.15) is 46.0 Å². The average molecular weight is 239 g/mol. The zero-order valence-electron chi connectivity index (χ0n) is 10.5.